The van der Waals surface area contributed by atoms with Crippen molar-refractivity contribution in [3.63, 3.8) is 0 Å². The van der Waals surface area contributed by atoms with E-state index in [0.717, 1.165) is 31.0 Å². The Kier molecular flexibility index (Phi) is 2.87. The van der Waals surface area contributed by atoms with Crippen molar-refractivity contribution in [3.8, 4) is 6.07 Å². The van der Waals surface area contributed by atoms with E-state index < -0.39 is 21.4 Å². The summed E-state index contributed by atoms with van der Waals surface area (Å²) in [4.78, 5) is -0.117. The molecule has 7 heteroatoms. The Morgan fingerprint density at radius 2 is 2.05 bits per heavy atom. The van der Waals surface area contributed by atoms with Crippen LogP contribution in [0.4, 0.5) is 4.39 Å². The van der Waals surface area contributed by atoms with Crippen LogP contribution in [-0.4, -0.2) is 36.5 Å². The summed E-state index contributed by atoms with van der Waals surface area (Å²) in [6, 6.07) is 4.76. The minimum Gasteiger partial charge on any atom is -0.387 e. The molecule has 2 aliphatic rings. The molecule has 1 saturated heterocycles. The first-order valence-electron chi connectivity index (χ1n) is 6.29. The van der Waals surface area contributed by atoms with Gasteiger partial charge in [-0.25, -0.2) is 12.8 Å². The predicted octanol–water partition coefficient (Wildman–Crippen LogP) is 0.843. The molecule has 0 unspecified atom stereocenters. The Morgan fingerprint density at radius 1 is 1.40 bits per heavy atom. The van der Waals surface area contributed by atoms with E-state index in [1.807, 2.05) is 0 Å². The smallest absolute Gasteiger partial charge is 0.243 e. The Hall–Kier alpha value is -1.49. The maximum absolute atomic E-state index is 13.2. The third kappa shape index (κ3) is 2.00. The number of sulfonamides is 1. The molecule has 3 rings (SSSR count). The summed E-state index contributed by atoms with van der Waals surface area (Å²) in [6.45, 7) is 0.137. The average Bonchev–Trinajstić information content (AvgIpc) is 3.19. The Labute approximate surface area is 116 Å². The van der Waals surface area contributed by atoms with E-state index in [0.29, 0.717) is 0 Å². The van der Waals surface area contributed by atoms with Gasteiger partial charge in [-0.15, -0.1) is 0 Å². The molecule has 0 atom stereocenters. The molecule has 20 heavy (non-hydrogen) atoms. The van der Waals surface area contributed by atoms with Crippen LogP contribution in [0.5, 0.6) is 0 Å². The number of hydrogen-bond acceptors (Lipinski definition) is 4. The van der Waals surface area contributed by atoms with Crippen LogP contribution in [0, 0.1) is 23.1 Å². The van der Waals surface area contributed by atoms with Crippen LogP contribution in [-0.2, 0) is 10.0 Å². The van der Waals surface area contributed by atoms with E-state index in [1.54, 1.807) is 6.07 Å². The molecule has 1 saturated carbocycles. The van der Waals surface area contributed by atoms with Gasteiger partial charge < -0.3 is 5.11 Å². The Bertz CT molecular complexity index is 701. The van der Waals surface area contributed by atoms with Gasteiger partial charge in [0.05, 0.1) is 16.1 Å². The maximum atomic E-state index is 13.2. The molecule has 1 aromatic carbocycles. The van der Waals surface area contributed by atoms with E-state index in [-0.39, 0.29) is 29.5 Å². The van der Waals surface area contributed by atoms with Crippen molar-refractivity contribution in [1.29, 1.82) is 5.26 Å². The van der Waals surface area contributed by atoms with E-state index in [2.05, 4.69) is 0 Å². The van der Waals surface area contributed by atoms with Crippen molar-refractivity contribution in [2.24, 2.45) is 5.92 Å². The number of nitrogens with zero attached hydrogens (tertiary/aromatic N) is 2. The Morgan fingerprint density at radius 3 is 2.60 bits per heavy atom. The Balaban J connectivity index is 1.85. The van der Waals surface area contributed by atoms with Gasteiger partial charge in [-0.2, -0.15) is 9.57 Å². The number of rotatable bonds is 3. The van der Waals surface area contributed by atoms with Crippen molar-refractivity contribution in [2.75, 3.05) is 13.1 Å². The van der Waals surface area contributed by atoms with Crippen molar-refractivity contribution in [2.45, 2.75) is 23.3 Å². The molecule has 1 aliphatic heterocycles. The monoisotopic (exact) mass is 296 g/mol. The first-order valence-corrected chi connectivity index (χ1v) is 7.73. The first kappa shape index (κ1) is 13.5. The molecule has 106 valence electrons. The van der Waals surface area contributed by atoms with Gasteiger partial charge in [0, 0.05) is 13.1 Å². The first-order chi connectivity index (χ1) is 9.37. The van der Waals surface area contributed by atoms with Gasteiger partial charge in [0.15, 0.2) is 0 Å². The molecule has 1 N–H and O–H groups in total. The number of halogens is 1. The van der Waals surface area contributed by atoms with Gasteiger partial charge >= 0.3 is 0 Å². The number of benzene rings is 1. The molecule has 0 amide bonds. The van der Waals surface area contributed by atoms with Gasteiger partial charge in [0.25, 0.3) is 0 Å². The lowest BCUT2D eigenvalue weighted by Gasteiger charge is -2.45. The zero-order valence-electron chi connectivity index (χ0n) is 10.6. The zero-order valence-corrected chi connectivity index (χ0v) is 11.4. The molecule has 0 spiro atoms. The topological polar surface area (TPSA) is 81.4 Å². The predicted molar refractivity (Wildman–Crippen MR) is 67.5 cm³/mol. The van der Waals surface area contributed by atoms with Crippen molar-refractivity contribution >= 4 is 10.0 Å². The van der Waals surface area contributed by atoms with Crippen LogP contribution in [0.15, 0.2) is 23.1 Å². The summed E-state index contributed by atoms with van der Waals surface area (Å²) in [6.07, 6.45) is 1.86. The van der Waals surface area contributed by atoms with Crippen molar-refractivity contribution in [3.05, 3.63) is 29.6 Å². The second kappa shape index (κ2) is 4.25. The van der Waals surface area contributed by atoms with Crippen molar-refractivity contribution in [1.82, 2.24) is 4.31 Å². The summed E-state index contributed by atoms with van der Waals surface area (Å²) < 4.78 is 39.0. The van der Waals surface area contributed by atoms with Crippen LogP contribution >= 0.6 is 0 Å². The summed E-state index contributed by atoms with van der Waals surface area (Å²) >= 11 is 0. The highest BCUT2D eigenvalue weighted by molar-refractivity contribution is 7.89. The van der Waals surface area contributed by atoms with Crippen LogP contribution in [0.3, 0.4) is 0 Å². The highest BCUT2D eigenvalue weighted by Crippen LogP contribution is 2.45. The third-order valence-corrected chi connectivity index (χ3v) is 5.72. The lowest BCUT2D eigenvalue weighted by atomic mass is 9.91. The molecule has 5 nitrogen and oxygen atoms in total. The third-order valence-electron chi connectivity index (χ3n) is 3.93. The quantitative estimate of drug-likeness (QED) is 0.896. The maximum Gasteiger partial charge on any atom is 0.243 e. The fourth-order valence-corrected chi connectivity index (χ4v) is 4.10. The van der Waals surface area contributed by atoms with Gasteiger partial charge in [-0.05, 0) is 37.0 Å². The number of hydrogen-bond donors (Lipinski definition) is 1. The van der Waals surface area contributed by atoms with Crippen molar-refractivity contribution < 1.29 is 17.9 Å². The molecule has 1 aromatic rings. The minimum absolute atomic E-state index is 0.0687. The number of nitriles is 1. The fraction of sp³-hybridized carbons (Fsp3) is 0.462. The van der Waals surface area contributed by atoms with E-state index in [1.165, 1.54) is 4.31 Å². The molecule has 0 radical (unpaired) electrons. The highest BCUT2D eigenvalue weighted by atomic mass is 32.2. The lowest BCUT2D eigenvalue weighted by Crippen LogP contribution is -2.64. The fourth-order valence-electron chi connectivity index (χ4n) is 2.51. The molecular weight excluding hydrogens is 283 g/mol. The number of aliphatic hydroxyl groups is 1. The highest BCUT2D eigenvalue weighted by Gasteiger charge is 2.55. The summed E-state index contributed by atoms with van der Waals surface area (Å²) in [7, 11) is -3.77. The normalized spacial score (nSPS) is 22.1. The number of β-amino-alcohol motifs (C(OH)–C–C–N with tert-alkyl or cyclic N) is 1. The largest absolute Gasteiger partial charge is 0.387 e. The summed E-state index contributed by atoms with van der Waals surface area (Å²) in [5.41, 5.74) is -1.21. The molecule has 0 aromatic heterocycles. The van der Waals surface area contributed by atoms with Gasteiger partial charge in [0.1, 0.15) is 11.9 Å². The summed E-state index contributed by atoms with van der Waals surface area (Å²) in [5, 5.41) is 18.9. The van der Waals surface area contributed by atoms with Crippen LogP contribution in [0.1, 0.15) is 18.4 Å². The van der Waals surface area contributed by atoms with Gasteiger partial charge in [-0.1, -0.05) is 0 Å². The molecular formula is C13H13FN2O3S. The van der Waals surface area contributed by atoms with E-state index >= 15 is 0 Å². The van der Waals surface area contributed by atoms with Crippen LogP contribution < -0.4 is 0 Å². The van der Waals surface area contributed by atoms with Gasteiger partial charge in [-0.3, -0.25) is 0 Å². The zero-order chi connectivity index (χ0) is 14.5. The molecule has 0 bridgehead atoms. The minimum atomic E-state index is -3.77. The molecule has 1 aliphatic carbocycles. The van der Waals surface area contributed by atoms with Crippen LogP contribution in [0.2, 0.25) is 0 Å². The second-order valence-corrected chi connectivity index (χ2v) is 7.34. The standard InChI is InChI=1S/C13H13FN2O3S/c14-12-4-3-11(5-9(12)6-15)20(18,19)16-7-13(17,8-16)10-1-2-10/h3-5,10,17H,1-2,7-8H2. The second-order valence-electron chi connectivity index (χ2n) is 5.40. The van der Waals surface area contributed by atoms with E-state index in [9.17, 15) is 17.9 Å². The molecule has 2 fully saturated rings. The van der Waals surface area contributed by atoms with Crippen LogP contribution in [0.25, 0.3) is 0 Å². The summed E-state index contributed by atoms with van der Waals surface area (Å²) in [5.74, 6) is -0.554. The molecule has 1 heterocycles. The lowest BCUT2D eigenvalue weighted by molar-refractivity contribution is -0.0764. The SMILES string of the molecule is N#Cc1cc(S(=O)(=O)N2CC(O)(C3CC3)C2)ccc1F. The average molecular weight is 296 g/mol. The van der Waals surface area contributed by atoms with E-state index in [4.69, 9.17) is 5.26 Å². The van der Waals surface area contributed by atoms with Gasteiger partial charge in [0.2, 0.25) is 10.0 Å².